The van der Waals surface area contributed by atoms with Crippen LogP contribution in [0.4, 0.5) is 11.8 Å². The lowest BCUT2D eigenvalue weighted by atomic mass is 10.1. The molecule has 1 aromatic rings. The quantitative estimate of drug-likeness (QED) is 0.841. The zero-order chi connectivity index (χ0) is 12.3. The van der Waals surface area contributed by atoms with Gasteiger partial charge in [0.2, 0.25) is 5.95 Å². The Balaban J connectivity index is 2.06. The molecule has 1 fully saturated rings. The van der Waals surface area contributed by atoms with Gasteiger partial charge in [0.25, 0.3) is 0 Å². The van der Waals surface area contributed by atoms with E-state index in [2.05, 4.69) is 41.4 Å². The van der Waals surface area contributed by atoms with Crippen molar-refractivity contribution in [3.8, 4) is 0 Å². The predicted octanol–water partition coefficient (Wildman–Crippen LogP) is 2.82. The molecule has 4 heteroatoms. The second-order valence-electron chi connectivity index (χ2n) is 5.02. The van der Waals surface area contributed by atoms with Crippen LogP contribution in [0.5, 0.6) is 0 Å². The summed E-state index contributed by atoms with van der Waals surface area (Å²) in [6.45, 7) is 7.27. The Bertz CT molecular complexity index is 378. The number of nitrogens with one attached hydrogen (secondary N) is 2. The summed E-state index contributed by atoms with van der Waals surface area (Å²) in [5.41, 5.74) is 1.12. The van der Waals surface area contributed by atoms with E-state index in [4.69, 9.17) is 0 Å². The van der Waals surface area contributed by atoms with Crippen LogP contribution >= 0.6 is 0 Å². The van der Waals surface area contributed by atoms with Crippen LogP contribution in [0.3, 0.4) is 0 Å². The molecule has 2 atom stereocenters. The summed E-state index contributed by atoms with van der Waals surface area (Å²) < 4.78 is 0. The SMILES string of the molecule is CCNc1ncc(C)c(NC2CCC(C)C2)n1. The summed E-state index contributed by atoms with van der Waals surface area (Å²) in [4.78, 5) is 8.77. The van der Waals surface area contributed by atoms with Gasteiger partial charge >= 0.3 is 0 Å². The van der Waals surface area contributed by atoms with E-state index in [0.29, 0.717) is 12.0 Å². The first-order valence-electron chi connectivity index (χ1n) is 6.53. The van der Waals surface area contributed by atoms with Gasteiger partial charge in [0, 0.05) is 24.3 Å². The molecule has 17 heavy (non-hydrogen) atoms. The number of hydrogen-bond acceptors (Lipinski definition) is 4. The maximum Gasteiger partial charge on any atom is 0.224 e. The highest BCUT2D eigenvalue weighted by atomic mass is 15.1. The van der Waals surface area contributed by atoms with Gasteiger partial charge in [-0.2, -0.15) is 4.98 Å². The molecule has 0 aliphatic heterocycles. The van der Waals surface area contributed by atoms with Crippen LogP contribution in [-0.4, -0.2) is 22.6 Å². The van der Waals surface area contributed by atoms with E-state index in [1.165, 1.54) is 19.3 Å². The topological polar surface area (TPSA) is 49.8 Å². The van der Waals surface area contributed by atoms with Gasteiger partial charge in [-0.25, -0.2) is 4.98 Å². The largest absolute Gasteiger partial charge is 0.367 e. The number of anilines is 2. The zero-order valence-corrected chi connectivity index (χ0v) is 11.0. The van der Waals surface area contributed by atoms with Crippen LogP contribution in [-0.2, 0) is 0 Å². The van der Waals surface area contributed by atoms with E-state index >= 15 is 0 Å². The third-order valence-corrected chi connectivity index (χ3v) is 3.34. The number of aryl methyl sites for hydroxylation is 1. The minimum Gasteiger partial charge on any atom is -0.367 e. The molecule has 4 nitrogen and oxygen atoms in total. The molecule has 0 radical (unpaired) electrons. The Morgan fingerprint density at radius 1 is 1.41 bits per heavy atom. The molecule has 94 valence electrons. The van der Waals surface area contributed by atoms with Gasteiger partial charge in [-0.3, -0.25) is 0 Å². The molecule has 1 aromatic heterocycles. The second-order valence-corrected chi connectivity index (χ2v) is 5.02. The van der Waals surface area contributed by atoms with E-state index in [1.807, 2.05) is 6.20 Å². The third-order valence-electron chi connectivity index (χ3n) is 3.34. The Kier molecular flexibility index (Phi) is 3.82. The van der Waals surface area contributed by atoms with E-state index in [-0.39, 0.29) is 0 Å². The molecule has 1 aliphatic carbocycles. The standard InChI is InChI=1S/C13H22N4/c1-4-14-13-15-8-10(3)12(17-13)16-11-6-5-9(2)7-11/h8-9,11H,4-7H2,1-3H3,(H2,14,15,16,17). The van der Waals surface area contributed by atoms with Crippen LogP contribution in [0.15, 0.2) is 6.20 Å². The van der Waals surface area contributed by atoms with Crippen molar-refractivity contribution in [2.24, 2.45) is 5.92 Å². The minimum absolute atomic E-state index is 0.577. The first-order valence-corrected chi connectivity index (χ1v) is 6.53. The fourth-order valence-electron chi connectivity index (χ4n) is 2.36. The predicted molar refractivity (Wildman–Crippen MR) is 71.4 cm³/mol. The van der Waals surface area contributed by atoms with Gasteiger partial charge in [-0.1, -0.05) is 6.92 Å². The molecule has 0 saturated heterocycles. The normalized spacial score (nSPS) is 23.7. The van der Waals surface area contributed by atoms with Gasteiger partial charge in [0.15, 0.2) is 0 Å². The Morgan fingerprint density at radius 3 is 2.88 bits per heavy atom. The Morgan fingerprint density at radius 2 is 2.24 bits per heavy atom. The van der Waals surface area contributed by atoms with Crippen LogP contribution in [0.25, 0.3) is 0 Å². The van der Waals surface area contributed by atoms with Gasteiger partial charge in [0.05, 0.1) is 0 Å². The summed E-state index contributed by atoms with van der Waals surface area (Å²) in [6.07, 6.45) is 5.70. The van der Waals surface area contributed by atoms with Crippen LogP contribution < -0.4 is 10.6 Å². The maximum atomic E-state index is 4.52. The summed E-state index contributed by atoms with van der Waals surface area (Å²) in [7, 11) is 0. The van der Waals surface area contributed by atoms with Crippen molar-refractivity contribution in [3.05, 3.63) is 11.8 Å². The first-order chi connectivity index (χ1) is 8.19. The number of aromatic nitrogens is 2. The Hall–Kier alpha value is -1.32. The lowest BCUT2D eigenvalue weighted by molar-refractivity contribution is 0.602. The van der Waals surface area contributed by atoms with E-state index in [0.717, 1.165) is 23.8 Å². The second kappa shape index (κ2) is 5.34. The lowest BCUT2D eigenvalue weighted by Gasteiger charge is -2.15. The molecule has 1 aliphatic rings. The average molecular weight is 234 g/mol. The number of rotatable bonds is 4. The molecule has 0 bridgehead atoms. The molecule has 2 unspecified atom stereocenters. The van der Waals surface area contributed by atoms with E-state index < -0.39 is 0 Å². The highest BCUT2D eigenvalue weighted by molar-refractivity contribution is 5.47. The molecule has 0 amide bonds. The summed E-state index contributed by atoms with van der Waals surface area (Å²) >= 11 is 0. The van der Waals surface area contributed by atoms with Crippen molar-refractivity contribution >= 4 is 11.8 Å². The molecule has 2 N–H and O–H groups in total. The lowest BCUT2D eigenvalue weighted by Crippen LogP contribution is -2.18. The van der Waals surface area contributed by atoms with Gasteiger partial charge in [-0.15, -0.1) is 0 Å². The van der Waals surface area contributed by atoms with E-state index in [1.54, 1.807) is 0 Å². The molecule has 0 aromatic carbocycles. The van der Waals surface area contributed by atoms with Crippen LogP contribution in [0, 0.1) is 12.8 Å². The van der Waals surface area contributed by atoms with Gasteiger partial charge in [-0.05, 0) is 39.0 Å². The monoisotopic (exact) mass is 234 g/mol. The fourth-order valence-corrected chi connectivity index (χ4v) is 2.36. The number of hydrogen-bond donors (Lipinski definition) is 2. The van der Waals surface area contributed by atoms with Gasteiger partial charge in [0.1, 0.15) is 5.82 Å². The first kappa shape index (κ1) is 12.1. The molecule has 1 heterocycles. The fraction of sp³-hybridized carbons (Fsp3) is 0.692. The average Bonchev–Trinajstić information content (AvgIpc) is 2.69. The van der Waals surface area contributed by atoms with Crippen molar-refractivity contribution in [2.45, 2.75) is 46.1 Å². The van der Waals surface area contributed by atoms with Crippen molar-refractivity contribution in [1.29, 1.82) is 0 Å². The number of nitrogens with zero attached hydrogens (tertiary/aromatic N) is 2. The summed E-state index contributed by atoms with van der Waals surface area (Å²) in [5.74, 6) is 2.53. The zero-order valence-electron chi connectivity index (χ0n) is 11.0. The van der Waals surface area contributed by atoms with Crippen molar-refractivity contribution < 1.29 is 0 Å². The minimum atomic E-state index is 0.577. The molecular weight excluding hydrogens is 212 g/mol. The van der Waals surface area contributed by atoms with Crippen molar-refractivity contribution in [1.82, 2.24) is 9.97 Å². The maximum absolute atomic E-state index is 4.52. The third kappa shape index (κ3) is 3.08. The molecule has 2 rings (SSSR count). The van der Waals surface area contributed by atoms with Crippen LogP contribution in [0.1, 0.15) is 38.7 Å². The van der Waals surface area contributed by atoms with Crippen molar-refractivity contribution in [3.63, 3.8) is 0 Å². The van der Waals surface area contributed by atoms with Gasteiger partial charge < -0.3 is 10.6 Å². The Labute approximate surface area is 103 Å². The van der Waals surface area contributed by atoms with Crippen molar-refractivity contribution in [2.75, 3.05) is 17.2 Å². The van der Waals surface area contributed by atoms with E-state index in [9.17, 15) is 0 Å². The summed E-state index contributed by atoms with van der Waals surface area (Å²) in [6, 6.07) is 0.577. The summed E-state index contributed by atoms with van der Waals surface area (Å²) in [5, 5.41) is 6.69. The molecule has 0 spiro atoms. The highest BCUT2D eigenvalue weighted by Gasteiger charge is 2.21. The van der Waals surface area contributed by atoms with Crippen LogP contribution in [0.2, 0.25) is 0 Å². The molecular formula is C13H22N4. The molecule has 1 saturated carbocycles. The highest BCUT2D eigenvalue weighted by Crippen LogP contribution is 2.27. The smallest absolute Gasteiger partial charge is 0.224 e.